The molecule has 1 aliphatic carbocycles. The van der Waals surface area contributed by atoms with Crippen LogP contribution in [-0.4, -0.2) is 19.2 Å². The van der Waals surface area contributed by atoms with Crippen molar-refractivity contribution in [2.75, 3.05) is 13.2 Å². The van der Waals surface area contributed by atoms with E-state index in [2.05, 4.69) is 45.5 Å². The lowest BCUT2D eigenvalue weighted by molar-refractivity contribution is 0.354. The molecule has 1 heterocycles. The molecule has 1 N–H and O–H groups in total. The van der Waals surface area contributed by atoms with Gasteiger partial charge in [0, 0.05) is 16.9 Å². The number of ether oxygens (including phenoxy) is 1. The van der Waals surface area contributed by atoms with E-state index in [0.29, 0.717) is 0 Å². The first kappa shape index (κ1) is 13.2. The van der Waals surface area contributed by atoms with Crippen molar-refractivity contribution < 1.29 is 4.74 Å². The molecule has 19 heavy (non-hydrogen) atoms. The van der Waals surface area contributed by atoms with Crippen molar-refractivity contribution in [1.29, 1.82) is 0 Å². The summed E-state index contributed by atoms with van der Waals surface area (Å²) in [4.78, 5) is 0. The molecule has 0 spiro atoms. The molecule has 0 saturated heterocycles. The molecule has 0 amide bonds. The quantitative estimate of drug-likeness (QED) is 0.638. The molecule has 0 bridgehead atoms. The van der Waals surface area contributed by atoms with Gasteiger partial charge >= 0.3 is 0 Å². The minimum absolute atomic E-state index is 0.815. The molecule has 1 fully saturated rings. The number of benzene rings is 1. The molecule has 2 nitrogen and oxygen atoms in total. The second-order valence-corrected chi connectivity index (χ2v) is 6.26. The van der Waals surface area contributed by atoms with Gasteiger partial charge in [0.15, 0.2) is 0 Å². The SMILES string of the molecule is Brc1cc(C/C=C/CCNC2CC2)c2c(c1)CCO2. The van der Waals surface area contributed by atoms with Crippen molar-refractivity contribution in [2.24, 2.45) is 0 Å². The van der Waals surface area contributed by atoms with Gasteiger partial charge in [0.1, 0.15) is 5.75 Å². The summed E-state index contributed by atoms with van der Waals surface area (Å²) in [5.74, 6) is 1.11. The van der Waals surface area contributed by atoms with Crippen LogP contribution in [0.5, 0.6) is 5.75 Å². The molecule has 0 atom stereocenters. The van der Waals surface area contributed by atoms with Gasteiger partial charge in [0.2, 0.25) is 0 Å². The van der Waals surface area contributed by atoms with Gasteiger partial charge in [-0.3, -0.25) is 0 Å². The molecule has 3 heteroatoms. The molecular formula is C16H20BrNO. The van der Waals surface area contributed by atoms with Crippen LogP contribution in [0.25, 0.3) is 0 Å². The third-order valence-corrected chi connectivity index (χ3v) is 4.11. The van der Waals surface area contributed by atoms with Gasteiger partial charge in [-0.15, -0.1) is 0 Å². The number of nitrogens with one attached hydrogen (secondary N) is 1. The monoisotopic (exact) mass is 321 g/mol. The third-order valence-electron chi connectivity index (χ3n) is 3.65. The topological polar surface area (TPSA) is 21.3 Å². The van der Waals surface area contributed by atoms with Crippen molar-refractivity contribution in [2.45, 2.75) is 38.1 Å². The van der Waals surface area contributed by atoms with Crippen LogP contribution in [0.15, 0.2) is 28.8 Å². The standard InChI is InChI=1S/C16H20BrNO/c17-14-10-12(16-13(11-14)7-9-19-16)4-2-1-3-8-18-15-5-6-15/h1-2,10-11,15,18H,3-9H2/b2-1+. The molecule has 1 aromatic rings. The molecule has 0 radical (unpaired) electrons. The van der Waals surface area contributed by atoms with Crippen LogP contribution in [0.3, 0.4) is 0 Å². The zero-order chi connectivity index (χ0) is 13.1. The van der Waals surface area contributed by atoms with Gasteiger partial charge in [-0.1, -0.05) is 28.1 Å². The van der Waals surface area contributed by atoms with Crippen molar-refractivity contribution in [3.8, 4) is 5.75 Å². The molecule has 1 aromatic carbocycles. The zero-order valence-electron chi connectivity index (χ0n) is 11.1. The zero-order valence-corrected chi connectivity index (χ0v) is 12.7. The maximum atomic E-state index is 5.74. The Hall–Kier alpha value is -0.800. The Morgan fingerprint density at radius 2 is 2.21 bits per heavy atom. The molecule has 3 rings (SSSR count). The maximum absolute atomic E-state index is 5.74. The number of hydrogen-bond acceptors (Lipinski definition) is 2. The Morgan fingerprint density at radius 1 is 1.32 bits per heavy atom. The van der Waals surface area contributed by atoms with E-state index < -0.39 is 0 Å². The fourth-order valence-electron chi connectivity index (χ4n) is 2.48. The van der Waals surface area contributed by atoms with Crippen LogP contribution in [0.4, 0.5) is 0 Å². The summed E-state index contributed by atoms with van der Waals surface area (Å²) in [5.41, 5.74) is 2.64. The van der Waals surface area contributed by atoms with E-state index in [-0.39, 0.29) is 0 Å². The van der Waals surface area contributed by atoms with Crippen LogP contribution in [0, 0.1) is 0 Å². The average molecular weight is 322 g/mol. The van der Waals surface area contributed by atoms with Gasteiger partial charge in [-0.2, -0.15) is 0 Å². The van der Waals surface area contributed by atoms with Gasteiger partial charge in [-0.05, 0) is 55.5 Å². The lowest BCUT2D eigenvalue weighted by Crippen LogP contribution is -2.16. The van der Waals surface area contributed by atoms with Gasteiger partial charge in [0.05, 0.1) is 6.61 Å². The number of fused-ring (bicyclic) bond motifs is 1. The molecule has 2 aliphatic rings. The highest BCUT2D eigenvalue weighted by Crippen LogP contribution is 2.33. The van der Waals surface area contributed by atoms with E-state index in [0.717, 1.165) is 48.7 Å². The first-order valence-corrected chi connectivity index (χ1v) is 7.95. The highest BCUT2D eigenvalue weighted by molar-refractivity contribution is 9.10. The minimum Gasteiger partial charge on any atom is -0.493 e. The Balaban J connectivity index is 1.52. The molecule has 0 unspecified atom stereocenters. The van der Waals surface area contributed by atoms with E-state index in [1.54, 1.807) is 0 Å². The average Bonchev–Trinajstić information content (AvgIpc) is 3.09. The Kier molecular flexibility index (Phi) is 4.24. The third kappa shape index (κ3) is 3.61. The highest BCUT2D eigenvalue weighted by Gasteiger charge is 2.19. The van der Waals surface area contributed by atoms with Crippen LogP contribution < -0.4 is 10.1 Å². The first-order chi connectivity index (χ1) is 9.33. The largest absolute Gasteiger partial charge is 0.493 e. The van der Waals surface area contributed by atoms with Crippen LogP contribution in [-0.2, 0) is 12.8 Å². The van der Waals surface area contributed by atoms with Crippen LogP contribution in [0.1, 0.15) is 30.4 Å². The van der Waals surface area contributed by atoms with E-state index in [9.17, 15) is 0 Å². The van der Waals surface area contributed by atoms with Crippen molar-refractivity contribution in [3.05, 3.63) is 39.9 Å². The predicted molar refractivity (Wildman–Crippen MR) is 81.8 cm³/mol. The summed E-state index contributed by atoms with van der Waals surface area (Å²) >= 11 is 3.58. The fraction of sp³-hybridized carbons (Fsp3) is 0.500. The van der Waals surface area contributed by atoms with Crippen molar-refractivity contribution >= 4 is 15.9 Å². The summed E-state index contributed by atoms with van der Waals surface area (Å²) in [7, 11) is 0. The summed E-state index contributed by atoms with van der Waals surface area (Å²) in [6, 6.07) is 5.17. The number of allylic oxidation sites excluding steroid dienone is 1. The van der Waals surface area contributed by atoms with E-state index in [1.165, 1.54) is 24.0 Å². The van der Waals surface area contributed by atoms with Crippen LogP contribution in [0.2, 0.25) is 0 Å². The molecule has 1 aliphatic heterocycles. The second kappa shape index (κ2) is 6.10. The molecule has 0 aromatic heterocycles. The van der Waals surface area contributed by atoms with Crippen molar-refractivity contribution in [3.63, 3.8) is 0 Å². The van der Waals surface area contributed by atoms with E-state index >= 15 is 0 Å². The number of halogens is 1. The molecule has 1 saturated carbocycles. The van der Waals surface area contributed by atoms with Gasteiger partial charge in [0.25, 0.3) is 0 Å². The maximum Gasteiger partial charge on any atom is 0.126 e. The smallest absolute Gasteiger partial charge is 0.126 e. The summed E-state index contributed by atoms with van der Waals surface area (Å²) in [6.07, 6.45) is 10.4. The van der Waals surface area contributed by atoms with Crippen molar-refractivity contribution in [1.82, 2.24) is 5.32 Å². The summed E-state index contributed by atoms with van der Waals surface area (Å²) in [5, 5.41) is 3.52. The van der Waals surface area contributed by atoms with E-state index in [1.807, 2.05) is 0 Å². The lowest BCUT2D eigenvalue weighted by Gasteiger charge is -2.07. The highest BCUT2D eigenvalue weighted by atomic mass is 79.9. The van der Waals surface area contributed by atoms with E-state index in [4.69, 9.17) is 4.74 Å². The Labute approximate surface area is 123 Å². The van der Waals surface area contributed by atoms with Gasteiger partial charge < -0.3 is 10.1 Å². The van der Waals surface area contributed by atoms with Gasteiger partial charge in [-0.25, -0.2) is 0 Å². The normalized spacial score (nSPS) is 17.7. The summed E-state index contributed by atoms with van der Waals surface area (Å²) < 4.78 is 6.90. The molecule has 102 valence electrons. The summed E-state index contributed by atoms with van der Waals surface area (Å²) in [6.45, 7) is 1.93. The second-order valence-electron chi connectivity index (χ2n) is 5.34. The first-order valence-electron chi connectivity index (χ1n) is 7.15. The molecular weight excluding hydrogens is 302 g/mol. The number of hydrogen-bond donors (Lipinski definition) is 1. The Bertz CT molecular complexity index is 480. The lowest BCUT2D eigenvalue weighted by atomic mass is 10.1. The Morgan fingerprint density at radius 3 is 3.05 bits per heavy atom. The minimum atomic E-state index is 0.815. The fourth-order valence-corrected chi connectivity index (χ4v) is 3.04. The number of rotatable bonds is 6. The van der Waals surface area contributed by atoms with Crippen LogP contribution >= 0.6 is 15.9 Å². The predicted octanol–water partition coefficient (Wildman–Crippen LogP) is 3.62.